The van der Waals surface area contributed by atoms with E-state index in [1.165, 1.54) is 0 Å². The molecule has 1 aromatic carbocycles. The molecule has 1 atom stereocenters. The third kappa shape index (κ3) is 3.66. The van der Waals surface area contributed by atoms with Gasteiger partial charge in [-0.15, -0.1) is 0 Å². The largest absolute Gasteiger partial charge is 0.452 e. The number of fused-ring (bicyclic) bond motifs is 2. The van der Waals surface area contributed by atoms with Crippen molar-refractivity contribution in [1.29, 1.82) is 0 Å². The van der Waals surface area contributed by atoms with E-state index in [2.05, 4.69) is 10.3 Å². The first kappa shape index (κ1) is 17.9. The molecule has 27 heavy (non-hydrogen) atoms. The van der Waals surface area contributed by atoms with Crippen molar-refractivity contribution >= 4 is 32.6 Å². The van der Waals surface area contributed by atoms with Crippen molar-refractivity contribution in [3.63, 3.8) is 0 Å². The Morgan fingerprint density at radius 1 is 1.22 bits per heavy atom. The number of carbonyl (C=O) groups excluding carboxylic acids is 2. The molecule has 0 saturated carbocycles. The molecule has 142 valence electrons. The van der Waals surface area contributed by atoms with Gasteiger partial charge < -0.3 is 10.1 Å². The second-order valence-electron chi connectivity index (χ2n) is 7.03. The van der Waals surface area contributed by atoms with Crippen LogP contribution in [0, 0.1) is 0 Å². The van der Waals surface area contributed by atoms with Gasteiger partial charge in [0.1, 0.15) is 0 Å². The van der Waals surface area contributed by atoms with Crippen LogP contribution in [0.4, 0.5) is 0 Å². The molecule has 1 saturated heterocycles. The van der Waals surface area contributed by atoms with Crippen LogP contribution in [-0.2, 0) is 32.2 Å². The highest BCUT2D eigenvalue weighted by Crippen LogP contribution is 2.30. The Kier molecular flexibility index (Phi) is 4.59. The summed E-state index contributed by atoms with van der Waals surface area (Å²) in [6.07, 6.45) is 2.93. The predicted octanol–water partition coefficient (Wildman–Crippen LogP) is 1.18. The van der Waals surface area contributed by atoms with E-state index >= 15 is 0 Å². The van der Waals surface area contributed by atoms with Crippen LogP contribution >= 0.6 is 0 Å². The van der Waals surface area contributed by atoms with Gasteiger partial charge in [0, 0.05) is 17.1 Å². The van der Waals surface area contributed by atoms with Gasteiger partial charge in [-0.05, 0) is 37.3 Å². The van der Waals surface area contributed by atoms with Gasteiger partial charge in [0.15, 0.2) is 16.4 Å². The fraction of sp³-hybridized carbons (Fsp3) is 0.421. The Labute approximate surface area is 157 Å². The first-order valence-corrected chi connectivity index (χ1v) is 10.8. The molecule has 1 aromatic heterocycles. The van der Waals surface area contributed by atoms with Crippen LogP contribution in [0.25, 0.3) is 10.9 Å². The molecule has 1 aliphatic heterocycles. The van der Waals surface area contributed by atoms with E-state index in [0.29, 0.717) is 12.0 Å². The lowest BCUT2D eigenvalue weighted by atomic mass is 10.0. The molecular formula is C19H20N2O5S. The highest BCUT2D eigenvalue weighted by molar-refractivity contribution is 7.91. The SMILES string of the molecule is O=C(COC(=O)c1c2c(nc3ccccc13)CCC2)N[C@@H]1CCS(=O)(=O)C1. The van der Waals surface area contributed by atoms with Crippen LogP contribution in [0.1, 0.15) is 34.5 Å². The maximum Gasteiger partial charge on any atom is 0.339 e. The summed E-state index contributed by atoms with van der Waals surface area (Å²) < 4.78 is 28.2. The van der Waals surface area contributed by atoms with Crippen LogP contribution in [-0.4, -0.2) is 49.4 Å². The van der Waals surface area contributed by atoms with Gasteiger partial charge >= 0.3 is 5.97 Å². The minimum absolute atomic E-state index is 0.0603. The Hall–Kier alpha value is -2.48. The quantitative estimate of drug-likeness (QED) is 0.789. The van der Waals surface area contributed by atoms with E-state index in [-0.39, 0.29) is 11.5 Å². The molecule has 0 radical (unpaired) electrons. The molecule has 8 heteroatoms. The number of ether oxygens (including phenoxy) is 1. The van der Waals surface area contributed by atoms with E-state index in [4.69, 9.17) is 4.74 Å². The highest BCUT2D eigenvalue weighted by atomic mass is 32.2. The van der Waals surface area contributed by atoms with E-state index in [1.807, 2.05) is 24.3 Å². The molecule has 1 aliphatic carbocycles. The third-order valence-electron chi connectivity index (χ3n) is 5.06. The molecule has 1 fully saturated rings. The van der Waals surface area contributed by atoms with Crippen LogP contribution in [0.3, 0.4) is 0 Å². The number of benzene rings is 1. The lowest BCUT2D eigenvalue weighted by molar-refractivity contribution is -0.124. The van der Waals surface area contributed by atoms with E-state index in [1.54, 1.807) is 0 Å². The summed E-state index contributed by atoms with van der Waals surface area (Å²) in [5.74, 6) is -1.01. The monoisotopic (exact) mass is 388 g/mol. The van der Waals surface area contributed by atoms with Crippen LogP contribution in [0.2, 0.25) is 0 Å². The number of amides is 1. The van der Waals surface area contributed by atoms with Crippen molar-refractivity contribution in [2.24, 2.45) is 0 Å². The zero-order valence-electron chi connectivity index (χ0n) is 14.7. The molecule has 1 N–H and O–H groups in total. The van der Waals surface area contributed by atoms with Crippen LogP contribution in [0.5, 0.6) is 0 Å². The summed E-state index contributed by atoms with van der Waals surface area (Å²) in [6, 6.07) is 7.00. The summed E-state index contributed by atoms with van der Waals surface area (Å²) in [6.45, 7) is -0.430. The van der Waals surface area contributed by atoms with Gasteiger partial charge in [-0.1, -0.05) is 18.2 Å². The molecule has 0 unspecified atom stereocenters. The Bertz CT molecular complexity index is 1030. The summed E-state index contributed by atoms with van der Waals surface area (Å²) in [5.41, 5.74) is 3.05. The molecule has 7 nitrogen and oxygen atoms in total. The van der Waals surface area contributed by atoms with Gasteiger partial charge in [-0.25, -0.2) is 13.2 Å². The van der Waals surface area contributed by atoms with Gasteiger partial charge in [0.25, 0.3) is 5.91 Å². The number of pyridine rings is 1. The maximum absolute atomic E-state index is 12.7. The second-order valence-corrected chi connectivity index (χ2v) is 9.26. The molecular weight excluding hydrogens is 368 g/mol. The number of aryl methyl sites for hydroxylation is 1. The summed E-state index contributed by atoms with van der Waals surface area (Å²) >= 11 is 0. The zero-order chi connectivity index (χ0) is 19.0. The molecule has 4 rings (SSSR count). The van der Waals surface area contributed by atoms with Crippen LogP contribution in [0.15, 0.2) is 24.3 Å². The fourth-order valence-corrected chi connectivity index (χ4v) is 5.50. The molecule has 2 heterocycles. The van der Waals surface area contributed by atoms with Crippen molar-refractivity contribution in [3.05, 3.63) is 41.1 Å². The average Bonchev–Trinajstić information content (AvgIpc) is 3.23. The minimum atomic E-state index is -3.08. The highest BCUT2D eigenvalue weighted by Gasteiger charge is 2.29. The topological polar surface area (TPSA) is 102 Å². The zero-order valence-corrected chi connectivity index (χ0v) is 15.5. The van der Waals surface area contributed by atoms with Crippen LogP contribution < -0.4 is 5.32 Å². The summed E-state index contributed by atoms with van der Waals surface area (Å²) in [7, 11) is -3.08. The molecule has 0 bridgehead atoms. The predicted molar refractivity (Wildman–Crippen MR) is 99.3 cm³/mol. The van der Waals surface area contributed by atoms with Gasteiger partial charge in [-0.3, -0.25) is 9.78 Å². The van der Waals surface area contributed by atoms with Gasteiger partial charge in [-0.2, -0.15) is 0 Å². The van der Waals surface area contributed by atoms with Gasteiger partial charge in [0.05, 0.1) is 22.6 Å². The van der Waals surface area contributed by atoms with Crippen molar-refractivity contribution in [3.8, 4) is 0 Å². The Morgan fingerprint density at radius 3 is 2.81 bits per heavy atom. The van der Waals surface area contributed by atoms with E-state index in [0.717, 1.165) is 41.4 Å². The van der Waals surface area contributed by atoms with Gasteiger partial charge in [0.2, 0.25) is 0 Å². The number of hydrogen-bond donors (Lipinski definition) is 1. The molecule has 2 aromatic rings. The Morgan fingerprint density at radius 2 is 2.04 bits per heavy atom. The normalized spacial score (nSPS) is 20.4. The number of hydrogen-bond acceptors (Lipinski definition) is 6. The lowest BCUT2D eigenvalue weighted by Gasteiger charge is -2.13. The number of esters is 1. The van der Waals surface area contributed by atoms with Crippen molar-refractivity contribution < 1.29 is 22.7 Å². The number of rotatable bonds is 4. The van der Waals surface area contributed by atoms with Crippen molar-refractivity contribution in [1.82, 2.24) is 10.3 Å². The fourth-order valence-electron chi connectivity index (χ4n) is 3.83. The Balaban J connectivity index is 1.48. The minimum Gasteiger partial charge on any atom is -0.452 e. The van der Waals surface area contributed by atoms with Crippen molar-refractivity contribution in [2.45, 2.75) is 31.7 Å². The number of sulfone groups is 1. The first-order valence-electron chi connectivity index (χ1n) is 9.00. The number of para-hydroxylation sites is 1. The lowest BCUT2D eigenvalue weighted by Crippen LogP contribution is -2.38. The van der Waals surface area contributed by atoms with E-state index in [9.17, 15) is 18.0 Å². The third-order valence-corrected chi connectivity index (χ3v) is 6.82. The molecule has 2 aliphatic rings. The number of nitrogens with zero attached hydrogens (tertiary/aromatic N) is 1. The summed E-state index contributed by atoms with van der Waals surface area (Å²) in [5, 5.41) is 3.35. The molecule has 1 amide bonds. The second kappa shape index (κ2) is 6.92. The summed E-state index contributed by atoms with van der Waals surface area (Å²) in [4.78, 5) is 29.4. The molecule has 0 spiro atoms. The first-order chi connectivity index (χ1) is 12.9. The van der Waals surface area contributed by atoms with Crippen molar-refractivity contribution in [2.75, 3.05) is 18.1 Å². The standard InChI is InChI=1S/C19H20N2O5S/c22-17(20-12-8-9-27(24,25)11-12)10-26-19(23)18-13-4-1-2-6-15(13)21-16-7-3-5-14(16)18/h1-2,4,6,12H,3,5,7-11H2,(H,20,22)/t12-/m1/s1. The number of aromatic nitrogens is 1. The number of nitrogens with one attached hydrogen (secondary N) is 1. The number of carbonyl (C=O) groups is 2. The maximum atomic E-state index is 12.7. The van der Waals surface area contributed by atoms with E-state index < -0.39 is 34.4 Å². The smallest absolute Gasteiger partial charge is 0.339 e. The average molecular weight is 388 g/mol.